The molecule has 0 nitrogen and oxygen atoms in total. The maximum Gasteiger partial charge on any atom is -0.00199 e. The SMILES string of the molecule is c1c2c(cc3c1C3)CC2. The zero-order valence-corrected chi connectivity index (χ0v) is 5.28. The number of hydrogen-bond acceptors (Lipinski definition) is 0. The average Bonchev–Trinajstić information content (AvgIpc) is 2.53. The van der Waals surface area contributed by atoms with Crippen LogP contribution >= 0.6 is 0 Å². The lowest BCUT2D eigenvalue weighted by Crippen LogP contribution is -2.06. The summed E-state index contributed by atoms with van der Waals surface area (Å²) in [5.41, 5.74) is 6.44. The van der Waals surface area contributed by atoms with Crippen LogP contribution in [0.1, 0.15) is 22.3 Å². The van der Waals surface area contributed by atoms with E-state index in [4.69, 9.17) is 0 Å². The molecular weight excluding hydrogens is 108 g/mol. The van der Waals surface area contributed by atoms with Crippen molar-refractivity contribution in [3.63, 3.8) is 0 Å². The van der Waals surface area contributed by atoms with Crippen LogP contribution in [0.25, 0.3) is 0 Å². The van der Waals surface area contributed by atoms with E-state index < -0.39 is 0 Å². The van der Waals surface area contributed by atoms with Crippen LogP contribution in [0.4, 0.5) is 0 Å². The van der Waals surface area contributed by atoms with Gasteiger partial charge in [0.2, 0.25) is 0 Å². The second-order valence-electron chi connectivity index (χ2n) is 3.07. The van der Waals surface area contributed by atoms with Crippen LogP contribution in [0.15, 0.2) is 12.1 Å². The lowest BCUT2D eigenvalue weighted by atomic mass is 9.89. The molecule has 3 rings (SSSR count). The maximum atomic E-state index is 2.38. The summed E-state index contributed by atoms with van der Waals surface area (Å²) in [5, 5.41) is 0. The minimum Gasteiger partial charge on any atom is -0.0549 e. The molecule has 0 heterocycles. The van der Waals surface area contributed by atoms with Gasteiger partial charge in [0.25, 0.3) is 0 Å². The Balaban J connectivity index is 2.38. The van der Waals surface area contributed by atoms with Crippen LogP contribution in [0, 0.1) is 0 Å². The van der Waals surface area contributed by atoms with Crippen molar-refractivity contribution in [2.45, 2.75) is 19.3 Å². The van der Waals surface area contributed by atoms with Gasteiger partial charge in [-0.2, -0.15) is 0 Å². The lowest BCUT2D eigenvalue weighted by molar-refractivity contribution is 0.841. The third-order valence-electron chi connectivity index (χ3n) is 2.44. The Labute approximate surface area is 54.5 Å². The summed E-state index contributed by atoms with van der Waals surface area (Å²) >= 11 is 0. The average molecular weight is 116 g/mol. The van der Waals surface area contributed by atoms with Crippen molar-refractivity contribution >= 4 is 0 Å². The number of benzene rings is 1. The summed E-state index contributed by atoms with van der Waals surface area (Å²) in [6, 6.07) is 4.77. The molecule has 0 atom stereocenters. The number of hydrogen-bond donors (Lipinski definition) is 0. The molecule has 2 aliphatic carbocycles. The molecule has 1 aromatic rings. The highest BCUT2D eigenvalue weighted by atomic mass is 14.3. The van der Waals surface area contributed by atoms with Gasteiger partial charge in [-0.15, -0.1) is 0 Å². The van der Waals surface area contributed by atoms with Crippen molar-refractivity contribution in [2.24, 2.45) is 0 Å². The van der Waals surface area contributed by atoms with Crippen LogP contribution in [-0.4, -0.2) is 0 Å². The zero-order chi connectivity index (χ0) is 5.84. The van der Waals surface area contributed by atoms with Gasteiger partial charge in [0, 0.05) is 0 Å². The van der Waals surface area contributed by atoms with Gasteiger partial charge in [0.05, 0.1) is 0 Å². The molecule has 0 saturated heterocycles. The number of fused-ring (bicyclic) bond motifs is 2. The van der Waals surface area contributed by atoms with Crippen molar-refractivity contribution in [1.29, 1.82) is 0 Å². The predicted molar refractivity (Wildman–Crippen MR) is 36.7 cm³/mol. The smallest absolute Gasteiger partial charge is 0.00199 e. The largest absolute Gasteiger partial charge is 0.0549 e. The third-order valence-corrected chi connectivity index (χ3v) is 2.44. The molecule has 0 N–H and O–H groups in total. The standard InChI is InChI=1S/C9H8/c1-2-7-4-9-5-8(9)3-6(1)7/h3-4H,1-2,5H2. The molecule has 0 aromatic heterocycles. The molecule has 0 fully saturated rings. The molecule has 1 aromatic carbocycles. The molecule has 0 aliphatic heterocycles. The van der Waals surface area contributed by atoms with E-state index in [9.17, 15) is 0 Å². The molecule has 0 heteroatoms. The lowest BCUT2D eigenvalue weighted by Gasteiger charge is -2.16. The number of aryl methyl sites for hydroxylation is 2. The Morgan fingerprint density at radius 2 is 1.33 bits per heavy atom. The quantitative estimate of drug-likeness (QED) is 0.491. The van der Waals surface area contributed by atoms with Gasteiger partial charge in [-0.05, 0) is 41.5 Å². The van der Waals surface area contributed by atoms with Gasteiger partial charge in [0.1, 0.15) is 0 Å². The maximum absolute atomic E-state index is 2.38. The molecule has 0 unspecified atom stereocenters. The van der Waals surface area contributed by atoms with Gasteiger partial charge in [0.15, 0.2) is 0 Å². The first-order chi connectivity index (χ1) is 4.43. The van der Waals surface area contributed by atoms with Gasteiger partial charge < -0.3 is 0 Å². The van der Waals surface area contributed by atoms with Gasteiger partial charge >= 0.3 is 0 Å². The minimum absolute atomic E-state index is 1.28. The summed E-state index contributed by atoms with van der Waals surface area (Å²) < 4.78 is 0. The Kier molecular flexibility index (Phi) is 0.484. The highest BCUT2D eigenvalue weighted by Gasteiger charge is 2.22. The molecule has 0 amide bonds. The Bertz CT molecular complexity index is 255. The van der Waals surface area contributed by atoms with E-state index in [0.717, 1.165) is 0 Å². The molecule has 44 valence electrons. The molecular formula is C9H8. The molecule has 2 aliphatic rings. The second kappa shape index (κ2) is 1.06. The van der Waals surface area contributed by atoms with Crippen molar-refractivity contribution in [2.75, 3.05) is 0 Å². The highest BCUT2D eigenvalue weighted by molar-refractivity contribution is 5.53. The van der Waals surface area contributed by atoms with E-state index >= 15 is 0 Å². The first-order valence-electron chi connectivity index (χ1n) is 3.57. The fraction of sp³-hybridized carbons (Fsp3) is 0.333. The second-order valence-corrected chi connectivity index (χ2v) is 3.07. The van der Waals surface area contributed by atoms with Crippen LogP contribution < -0.4 is 0 Å². The first-order valence-corrected chi connectivity index (χ1v) is 3.57. The normalized spacial score (nSPS) is 17.8. The van der Waals surface area contributed by atoms with Gasteiger partial charge in [-0.1, -0.05) is 12.1 Å². The van der Waals surface area contributed by atoms with Crippen LogP contribution in [0.3, 0.4) is 0 Å². The molecule has 0 spiro atoms. The van der Waals surface area contributed by atoms with E-state index in [1.807, 2.05) is 0 Å². The summed E-state index contributed by atoms with van der Waals surface area (Å²) in [7, 11) is 0. The van der Waals surface area contributed by atoms with E-state index in [0.29, 0.717) is 0 Å². The van der Waals surface area contributed by atoms with Gasteiger partial charge in [-0.3, -0.25) is 0 Å². The van der Waals surface area contributed by atoms with Crippen LogP contribution in [-0.2, 0) is 19.3 Å². The summed E-state index contributed by atoms with van der Waals surface area (Å²) in [4.78, 5) is 0. The van der Waals surface area contributed by atoms with Crippen molar-refractivity contribution in [3.8, 4) is 0 Å². The summed E-state index contributed by atoms with van der Waals surface area (Å²) in [6.45, 7) is 0. The molecule has 9 heavy (non-hydrogen) atoms. The van der Waals surface area contributed by atoms with Crippen molar-refractivity contribution in [1.82, 2.24) is 0 Å². The van der Waals surface area contributed by atoms with Crippen LogP contribution in [0.5, 0.6) is 0 Å². The number of rotatable bonds is 0. The Morgan fingerprint density at radius 1 is 0.778 bits per heavy atom. The van der Waals surface area contributed by atoms with E-state index in [1.54, 1.807) is 22.3 Å². The fourth-order valence-electron chi connectivity index (χ4n) is 1.61. The fourth-order valence-corrected chi connectivity index (χ4v) is 1.61. The van der Waals surface area contributed by atoms with Gasteiger partial charge in [-0.25, -0.2) is 0 Å². The zero-order valence-electron chi connectivity index (χ0n) is 5.28. The van der Waals surface area contributed by atoms with Crippen LogP contribution in [0.2, 0.25) is 0 Å². The molecule has 0 radical (unpaired) electrons. The third kappa shape index (κ3) is 0.398. The van der Waals surface area contributed by atoms with Crippen molar-refractivity contribution in [3.05, 3.63) is 34.4 Å². The Morgan fingerprint density at radius 3 is 1.78 bits per heavy atom. The highest BCUT2D eigenvalue weighted by Crippen LogP contribution is 2.35. The molecule has 0 bridgehead atoms. The van der Waals surface area contributed by atoms with E-state index in [1.165, 1.54) is 19.3 Å². The summed E-state index contributed by atoms with van der Waals surface area (Å²) in [6.07, 6.45) is 3.96. The van der Waals surface area contributed by atoms with E-state index in [-0.39, 0.29) is 0 Å². The van der Waals surface area contributed by atoms with E-state index in [2.05, 4.69) is 12.1 Å². The topological polar surface area (TPSA) is 0 Å². The first kappa shape index (κ1) is 4.10. The molecule has 0 saturated carbocycles. The monoisotopic (exact) mass is 116 g/mol. The predicted octanol–water partition coefficient (Wildman–Crippen LogP) is 1.69. The Hall–Kier alpha value is -0.780. The van der Waals surface area contributed by atoms with Crippen molar-refractivity contribution < 1.29 is 0 Å². The minimum atomic E-state index is 1.28. The summed E-state index contributed by atoms with van der Waals surface area (Å²) in [5.74, 6) is 0.